The summed E-state index contributed by atoms with van der Waals surface area (Å²) < 4.78 is 5.46. The van der Waals surface area contributed by atoms with Crippen LogP contribution < -0.4 is 10.1 Å². The van der Waals surface area contributed by atoms with Crippen LogP contribution in [0.1, 0.15) is 12.5 Å². The molecule has 140 valence electrons. The molecule has 0 unspecified atom stereocenters. The van der Waals surface area contributed by atoms with Crippen molar-refractivity contribution in [2.75, 3.05) is 11.9 Å². The van der Waals surface area contributed by atoms with Gasteiger partial charge < -0.3 is 10.1 Å². The molecule has 28 heavy (non-hydrogen) atoms. The third-order valence-electron chi connectivity index (χ3n) is 4.39. The quantitative estimate of drug-likeness (QED) is 0.472. The van der Waals surface area contributed by atoms with Gasteiger partial charge in [-0.05, 0) is 47.5 Å². The van der Waals surface area contributed by atoms with E-state index in [1.807, 2.05) is 60.8 Å². The molecule has 4 aromatic rings. The van der Waals surface area contributed by atoms with Crippen molar-refractivity contribution >= 4 is 33.1 Å². The molecule has 4 nitrogen and oxygen atoms in total. The molecule has 0 fully saturated rings. The minimum Gasteiger partial charge on any atom is -0.494 e. The summed E-state index contributed by atoms with van der Waals surface area (Å²) in [6.07, 6.45) is 0.322. The number of fused-ring (bicyclic) bond motifs is 1. The molecule has 3 aromatic carbocycles. The first kappa shape index (κ1) is 18.2. The van der Waals surface area contributed by atoms with E-state index < -0.39 is 0 Å². The number of ether oxygens (including phenoxy) is 1. The number of nitrogens with one attached hydrogen (secondary N) is 1. The largest absolute Gasteiger partial charge is 0.494 e. The zero-order valence-electron chi connectivity index (χ0n) is 15.5. The standard InChI is InChI=1S/C23H20N2O2S/c1-2-27-20-11-9-18(10-12-20)21-15-28-23(24-21)25-22(26)14-16-7-8-17-5-3-4-6-19(17)13-16/h3-13,15H,2,14H2,1H3,(H,24,25,26). The summed E-state index contributed by atoms with van der Waals surface area (Å²) in [6.45, 7) is 2.60. The highest BCUT2D eigenvalue weighted by Crippen LogP contribution is 2.26. The molecule has 0 saturated heterocycles. The Kier molecular flexibility index (Phi) is 5.35. The summed E-state index contributed by atoms with van der Waals surface area (Å²) >= 11 is 1.43. The molecule has 0 aliphatic heterocycles. The first-order valence-electron chi connectivity index (χ1n) is 9.17. The lowest BCUT2D eigenvalue weighted by Crippen LogP contribution is -2.14. The van der Waals surface area contributed by atoms with Crippen molar-refractivity contribution in [2.24, 2.45) is 0 Å². The molecule has 0 aliphatic rings. The van der Waals surface area contributed by atoms with Gasteiger partial charge in [-0.3, -0.25) is 4.79 Å². The molecular formula is C23H20N2O2S. The zero-order chi connectivity index (χ0) is 19.3. The summed E-state index contributed by atoms with van der Waals surface area (Å²) in [5.41, 5.74) is 2.82. The van der Waals surface area contributed by atoms with Gasteiger partial charge in [0.2, 0.25) is 5.91 Å². The Morgan fingerprint density at radius 2 is 1.82 bits per heavy atom. The number of aromatic nitrogens is 1. The van der Waals surface area contributed by atoms with E-state index in [1.54, 1.807) is 0 Å². The van der Waals surface area contributed by atoms with Crippen LogP contribution in [-0.4, -0.2) is 17.5 Å². The molecule has 4 rings (SSSR count). The van der Waals surface area contributed by atoms with E-state index in [9.17, 15) is 4.79 Å². The Bertz CT molecular complexity index is 1100. The molecule has 1 heterocycles. The summed E-state index contributed by atoms with van der Waals surface area (Å²) in [4.78, 5) is 17.0. The van der Waals surface area contributed by atoms with Crippen molar-refractivity contribution in [1.29, 1.82) is 0 Å². The van der Waals surface area contributed by atoms with Crippen molar-refractivity contribution in [2.45, 2.75) is 13.3 Å². The fourth-order valence-electron chi connectivity index (χ4n) is 3.05. The number of amides is 1. The second-order valence-electron chi connectivity index (χ2n) is 6.40. The van der Waals surface area contributed by atoms with E-state index in [1.165, 1.54) is 16.7 Å². The van der Waals surface area contributed by atoms with Crippen LogP contribution in [0.3, 0.4) is 0 Å². The van der Waals surface area contributed by atoms with Gasteiger partial charge in [0, 0.05) is 10.9 Å². The van der Waals surface area contributed by atoms with Gasteiger partial charge in [-0.15, -0.1) is 11.3 Å². The van der Waals surface area contributed by atoms with Gasteiger partial charge in [-0.2, -0.15) is 0 Å². The Balaban J connectivity index is 1.42. The summed E-state index contributed by atoms with van der Waals surface area (Å²) in [5, 5.41) is 7.77. The predicted molar refractivity (Wildman–Crippen MR) is 115 cm³/mol. The third kappa shape index (κ3) is 4.21. The monoisotopic (exact) mass is 388 g/mol. The summed E-state index contributed by atoms with van der Waals surface area (Å²) in [7, 11) is 0. The predicted octanol–water partition coefficient (Wildman–Crippen LogP) is 5.54. The normalized spacial score (nSPS) is 10.8. The van der Waals surface area contributed by atoms with Gasteiger partial charge in [0.15, 0.2) is 5.13 Å². The number of carbonyl (C=O) groups excluding carboxylic acids is 1. The van der Waals surface area contributed by atoms with E-state index in [2.05, 4.69) is 28.5 Å². The molecule has 0 atom stereocenters. The van der Waals surface area contributed by atoms with Crippen LogP contribution in [0, 0.1) is 0 Å². The molecule has 5 heteroatoms. The van der Waals surface area contributed by atoms with Crippen LogP contribution in [0.5, 0.6) is 5.75 Å². The van der Waals surface area contributed by atoms with Crippen molar-refractivity contribution < 1.29 is 9.53 Å². The van der Waals surface area contributed by atoms with Gasteiger partial charge in [-0.1, -0.05) is 42.5 Å². The first-order chi connectivity index (χ1) is 13.7. The van der Waals surface area contributed by atoms with Crippen LogP contribution in [0.25, 0.3) is 22.0 Å². The Morgan fingerprint density at radius 1 is 1.04 bits per heavy atom. The number of rotatable bonds is 6. The maximum absolute atomic E-state index is 12.4. The number of benzene rings is 3. The van der Waals surface area contributed by atoms with Crippen LogP contribution >= 0.6 is 11.3 Å². The SMILES string of the molecule is CCOc1ccc(-c2csc(NC(=O)Cc3ccc4ccccc4c3)n2)cc1. The number of nitrogens with zero attached hydrogens (tertiary/aromatic N) is 1. The first-order valence-corrected chi connectivity index (χ1v) is 10.1. The average Bonchev–Trinajstić information content (AvgIpc) is 3.17. The fourth-order valence-corrected chi connectivity index (χ4v) is 3.79. The Hall–Kier alpha value is -3.18. The lowest BCUT2D eigenvalue weighted by molar-refractivity contribution is -0.115. The number of carbonyl (C=O) groups is 1. The molecule has 1 aromatic heterocycles. The van der Waals surface area contributed by atoms with Gasteiger partial charge in [0.25, 0.3) is 0 Å². The van der Waals surface area contributed by atoms with E-state index in [0.717, 1.165) is 28.0 Å². The lowest BCUT2D eigenvalue weighted by atomic mass is 10.1. The highest BCUT2D eigenvalue weighted by atomic mass is 32.1. The average molecular weight is 388 g/mol. The number of hydrogen-bond donors (Lipinski definition) is 1. The van der Waals surface area contributed by atoms with E-state index in [-0.39, 0.29) is 5.91 Å². The third-order valence-corrected chi connectivity index (χ3v) is 5.15. The molecule has 0 spiro atoms. The van der Waals surface area contributed by atoms with E-state index >= 15 is 0 Å². The van der Waals surface area contributed by atoms with Crippen LogP contribution in [0.15, 0.2) is 72.1 Å². The minimum atomic E-state index is -0.0668. The highest BCUT2D eigenvalue weighted by Gasteiger charge is 2.09. The Morgan fingerprint density at radius 3 is 2.61 bits per heavy atom. The van der Waals surface area contributed by atoms with E-state index in [4.69, 9.17) is 4.74 Å². The van der Waals surface area contributed by atoms with Gasteiger partial charge in [0.1, 0.15) is 5.75 Å². The van der Waals surface area contributed by atoms with Gasteiger partial charge >= 0.3 is 0 Å². The molecule has 0 saturated carbocycles. The van der Waals surface area contributed by atoms with Crippen LogP contribution in [-0.2, 0) is 11.2 Å². The maximum atomic E-state index is 12.4. The smallest absolute Gasteiger partial charge is 0.230 e. The maximum Gasteiger partial charge on any atom is 0.230 e. The number of thiazole rings is 1. The molecule has 1 amide bonds. The van der Waals surface area contributed by atoms with Gasteiger partial charge in [0.05, 0.1) is 18.7 Å². The van der Waals surface area contributed by atoms with E-state index in [0.29, 0.717) is 18.2 Å². The summed E-state index contributed by atoms with van der Waals surface area (Å²) in [5.74, 6) is 0.772. The van der Waals surface area contributed by atoms with Crippen molar-refractivity contribution in [3.63, 3.8) is 0 Å². The minimum absolute atomic E-state index is 0.0668. The molecule has 0 bridgehead atoms. The van der Waals surface area contributed by atoms with Gasteiger partial charge in [-0.25, -0.2) is 4.98 Å². The molecule has 0 radical (unpaired) electrons. The van der Waals surface area contributed by atoms with Crippen molar-refractivity contribution in [1.82, 2.24) is 4.98 Å². The molecule has 0 aliphatic carbocycles. The molecule has 1 N–H and O–H groups in total. The summed E-state index contributed by atoms with van der Waals surface area (Å²) in [6, 6.07) is 22.0. The van der Waals surface area contributed by atoms with Crippen LogP contribution in [0.2, 0.25) is 0 Å². The van der Waals surface area contributed by atoms with Crippen LogP contribution in [0.4, 0.5) is 5.13 Å². The lowest BCUT2D eigenvalue weighted by Gasteiger charge is -2.04. The van der Waals surface area contributed by atoms with Crippen molar-refractivity contribution in [3.05, 3.63) is 77.7 Å². The van der Waals surface area contributed by atoms with Crippen molar-refractivity contribution in [3.8, 4) is 17.0 Å². The number of hydrogen-bond acceptors (Lipinski definition) is 4. The second-order valence-corrected chi connectivity index (χ2v) is 7.26. The zero-order valence-corrected chi connectivity index (χ0v) is 16.3. The number of anilines is 1. The topological polar surface area (TPSA) is 51.2 Å². The highest BCUT2D eigenvalue weighted by molar-refractivity contribution is 7.14. The Labute approximate surface area is 167 Å². The second kappa shape index (κ2) is 8.23. The molecular weight excluding hydrogens is 368 g/mol. The fraction of sp³-hybridized carbons (Fsp3) is 0.130.